The fourth-order valence-electron chi connectivity index (χ4n) is 2.08. The molecule has 0 atom stereocenters. The highest BCUT2D eigenvalue weighted by Crippen LogP contribution is 2.33. The van der Waals surface area contributed by atoms with Gasteiger partial charge in [-0.3, -0.25) is 9.98 Å². The highest BCUT2D eigenvalue weighted by atomic mass is 15.2. The van der Waals surface area contributed by atoms with Crippen LogP contribution in [0.15, 0.2) is 29.4 Å². The summed E-state index contributed by atoms with van der Waals surface area (Å²) in [5, 5.41) is 6.68. The predicted molar refractivity (Wildman–Crippen MR) is 79.3 cm³/mol. The molecule has 0 spiro atoms. The van der Waals surface area contributed by atoms with Crippen LogP contribution in [-0.4, -0.2) is 31.1 Å². The Morgan fingerprint density at radius 3 is 2.84 bits per heavy atom. The molecule has 1 aromatic rings. The number of guanidine groups is 1. The van der Waals surface area contributed by atoms with E-state index in [1.165, 1.54) is 25.7 Å². The Bertz CT molecular complexity index is 384. The van der Waals surface area contributed by atoms with E-state index in [0.717, 1.165) is 37.1 Å². The van der Waals surface area contributed by atoms with Gasteiger partial charge in [-0.2, -0.15) is 0 Å². The monoisotopic (exact) mass is 260 g/mol. The van der Waals surface area contributed by atoms with Gasteiger partial charge in [0, 0.05) is 38.4 Å². The van der Waals surface area contributed by atoms with Crippen molar-refractivity contribution in [3.05, 3.63) is 30.1 Å². The first-order chi connectivity index (χ1) is 9.38. The zero-order chi connectivity index (χ0) is 13.3. The largest absolute Gasteiger partial charge is 0.356 e. The summed E-state index contributed by atoms with van der Waals surface area (Å²) in [6, 6.07) is 6.01. The van der Waals surface area contributed by atoms with Gasteiger partial charge in [-0.15, -0.1) is 0 Å². The number of rotatable bonds is 7. The molecule has 1 aromatic heterocycles. The van der Waals surface area contributed by atoms with Gasteiger partial charge in [0.05, 0.1) is 0 Å². The summed E-state index contributed by atoms with van der Waals surface area (Å²) in [6.45, 7) is 1.87. The van der Waals surface area contributed by atoms with Crippen molar-refractivity contribution < 1.29 is 0 Å². The van der Waals surface area contributed by atoms with Gasteiger partial charge < -0.3 is 10.6 Å². The Labute approximate surface area is 115 Å². The lowest BCUT2D eigenvalue weighted by Crippen LogP contribution is -2.38. The van der Waals surface area contributed by atoms with Crippen LogP contribution in [0.3, 0.4) is 0 Å². The molecule has 1 fully saturated rings. The summed E-state index contributed by atoms with van der Waals surface area (Å²) in [7, 11) is 1.82. The lowest BCUT2D eigenvalue weighted by molar-refractivity contribution is 0.644. The van der Waals surface area contributed by atoms with Gasteiger partial charge in [0.2, 0.25) is 0 Å². The van der Waals surface area contributed by atoms with Crippen molar-refractivity contribution in [3.8, 4) is 0 Å². The van der Waals surface area contributed by atoms with Crippen LogP contribution in [-0.2, 0) is 6.42 Å². The van der Waals surface area contributed by atoms with E-state index in [-0.39, 0.29) is 0 Å². The number of aliphatic imine (C=N–C) groups is 1. The Kier molecular flexibility index (Phi) is 5.66. The summed E-state index contributed by atoms with van der Waals surface area (Å²) >= 11 is 0. The zero-order valence-corrected chi connectivity index (χ0v) is 11.7. The maximum absolute atomic E-state index is 4.30. The molecule has 4 nitrogen and oxygen atoms in total. The molecule has 1 saturated carbocycles. The molecule has 0 amide bonds. The number of pyridine rings is 1. The van der Waals surface area contributed by atoms with Gasteiger partial charge in [-0.25, -0.2) is 0 Å². The van der Waals surface area contributed by atoms with Crippen molar-refractivity contribution in [2.75, 3.05) is 20.1 Å². The Morgan fingerprint density at radius 1 is 1.32 bits per heavy atom. The quantitative estimate of drug-likeness (QED) is 0.448. The van der Waals surface area contributed by atoms with Gasteiger partial charge in [-0.05, 0) is 30.9 Å². The molecule has 0 unspecified atom stereocenters. The molecule has 0 aliphatic heterocycles. The van der Waals surface area contributed by atoms with E-state index in [1.807, 2.05) is 31.4 Å². The smallest absolute Gasteiger partial charge is 0.190 e. The summed E-state index contributed by atoms with van der Waals surface area (Å²) in [5.74, 6) is 1.91. The van der Waals surface area contributed by atoms with Crippen molar-refractivity contribution in [2.24, 2.45) is 10.9 Å². The van der Waals surface area contributed by atoms with Crippen molar-refractivity contribution in [3.63, 3.8) is 0 Å². The normalized spacial score (nSPS) is 15.3. The van der Waals surface area contributed by atoms with Crippen LogP contribution >= 0.6 is 0 Å². The highest BCUT2D eigenvalue weighted by molar-refractivity contribution is 5.79. The van der Waals surface area contributed by atoms with Crippen molar-refractivity contribution in [1.82, 2.24) is 15.6 Å². The zero-order valence-electron chi connectivity index (χ0n) is 11.7. The second-order valence-corrected chi connectivity index (χ2v) is 5.08. The number of aromatic nitrogens is 1. The van der Waals surface area contributed by atoms with Crippen LogP contribution in [0.25, 0.3) is 0 Å². The number of nitrogens with zero attached hydrogens (tertiary/aromatic N) is 2. The summed E-state index contributed by atoms with van der Waals surface area (Å²) in [6.07, 6.45) is 8.24. The molecule has 1 aliphatic rings. The number of hydrogen-bond donors (Lipinski definition) is 2. The van der Waals surface area contributed by atoms with E-state index >= 15 is 0 Å². The third-order valence-electron chi connectivity index (χ3n) is 3.40. The Hall–Kier alpha value is -1.58. The molecule has 19 heavy (non-hydrogen) atoms. The van der Waals surface area contributed by atoms with Crippen LogP contribution < -0.4 is 10.6 Å². The van der Waals surface area contributed by atoms with E-state index in [0.29, 0.717) is 0 Å². The number of hydrogen-bond acceptors (Lipinski definition) is 2. The van der Waals surface area contributed by atoms with E-state index in [9.17, 15) is 0 Å². The van der Waals surface area contributed by atoms with Gasteiger partial charge >= 0.3 is 0 Å². The van der Waals surface area contributed by atoms with Gasteiger partial charge in [0.1, 0.15) is 0 Å². The van der Waals surface area contributed by atoms with Crippen LogP contribution in [0.2, 0.25) is 0 Å². The lowest BCUT2D eigenvalue weighted by atomic mass is 10.2. The highest BCUT2D eigenvalue weighted by Gasteiger charge is 2.19. The van der Waals surface area contributed by atoms with Crippen molar-refractivity contribution in [2.45, 2.75) is 32.1 Å². The van der Waals surface area contributed by atoms with E-state index in [4.69, 9.17) is 0 Å². The minimum atomic E-state index is 0.860. The fraction of sp³-hybridized carbons (Fsp3) is 0.600. The van der Waals surface area contributed by atoms with Gasteiger partial charge in [0.15, 0.2) is 5.96 Å². The first-order valence-corrected chi connectivity index (χ1v) is 7.23. The third-order valence-corrected chi connectivity index (χ3v) is 3.40. The molecule has 0 bridgehead atoms. The lowest BCUT2D eigenvalue weighted by Gasteiger charge is -2.11. The van der Waals surface area contributed by atoms with E-state index in [1.54, 1.807) is 0 Å². The van der Waals surface area contributed by atoms with E-state index in [2.05, 4.69) is 20.6 Å². The first kappa shape index (κ1) is 13.8. The topological polar surface area (TPSA) is 49.3 Å². The Balaban J connectivity index is 1.56. The second kappa shape index (κ2) is 7.77. The fourth-order valence-corrected chi connectivity index (χ4v) is 2.08. The summed E-state index contributed by atoms with van der Waals surface area (Å²) < 4.78 is 0. The molecule has 0 saturated heterocycles. The van der Waals surface area contributed by atoms with Gasteiger partial charge in [-0.1, -0.05) is 18.9 Å². The van der Waals surface area contributed by atoms with E-state index < -0.39 is 0 Å². The van der Waals surface area contributed by atoms with Crippen LogP contribution in [0.4, 0.5) is 0 Å². The maximum atomic E-state index is 4.30. The predicted octanol–water partition coefficient (Wildman–Crippen LogP) is 1.98. The molecule has 0 aromatic carbocycles. The minimum absolute atomic E-state index is 0.860. The third kappa shape index (κ3) is 5.73. The SMILES string of the molecule is CN=C(NCCCC1CC1)NCCc1ccccn1. The molecule has 104 valence electrons. The maximum Gasteiger partial charge on any atom is 0.190 e. The summed E-state index contributed by atoms with van der Waals surface area (Å²) in [5.41, 5.74) is 1.11. The average Bonchev–Trinajstić information content (AvgIpc) is 3.27. The van der Waals surface area contributed by atoms with Crippen LogP contribution in [0.1, 0.15) is 31.4 Å². The van der Waals surface area contributed by atoms with Crippen molar-refractivity contribution in [1.29, 1.82) is 0 Å². The van der Waals surface area contributed by atoms with Gasteiger partial charge in [0.25, 0.3) is 0 Å². The first-order valence-electron chi connectivity index (χ1n) is 7.23. The molecule has 1 aliphatic carbocycles. The molecule has 0 radical (unpaired) electrons. The minimum Gasteiger partial charge on any atom is -0.356 e. The standard InChI is InChI=1S/C15H24N4/c1-16-15(18-11-4-5-13-7-8-13)19-12-9-14-6-2-3-10-17-14/h2-3,6,10,13H,4-5,7-9,11-12H2,1H3,(H2,16,18,19). The summed E-state index contributed by atoms with van der Waals surface area (Å²) in [4.78, 5) is 8.53. The second-order valence-electron chi connectivity index (χ2n) is 5.08. The molecule has 4 heteroatoms. The average molecular weight is 260 g/mol. The Morgan fingerprint density at radius 2 is 2.16 bits per heavy atom. The van der Waals surface area contributed by atoms with Crippen LogP contribution in [0.5, 0.6) is 0 Å². The van der Waals surface area contributed by atoms with Crippen LogP contribution in [0, 0.1) is 5.92 Å². The molecule has 2 rings (SSSR count). The molecule has 1 heterocycles. The number of nitrogens with one attached hydrogen (secondary N) is 2. The molecular weight excluding hydrogens is 236 g/mol. The molecule has 2 N–H and O–H groups in total. The van der Waals surface area contributed by atoms with Crippen molar-refractivity contribution >= 4 is 5.96 Å². The molecular formula is C15H24N4.